The van der Waals surface area contributed by atoms with E-state index < -0.39 is 10.9 Å². The standard InChI is InChI=1S/C9H7NO3.C8H8N2O2/c1-13-9(12)6-2-3-7(5-10)8(11)4-6;1-6(9)7-2-4-8(5-3-7)10(11)12/h2-4,11H,1H3;2-5,9H,1H3. The highest BCUT2D eigenvalue weighted by atomic mass is 16.6. The second-order valence-corrected chi connectivity index (χ2v) is 4.76. The van der Waals surface area contributed by atoms with E-state index in [4.69, 9.17) is 10.7 Å². The van der Waals surface area contributed by atoms with E-state index >= 15 is 0 Å². The highest BCUT2D eigenvalue weighted by molar-refractivity contribution is 5.96. The number of rotatable bonds is 3. The summed E-state index contributed by atoms with van der Waals surface area (Å²) in [4.78, 5) is 20.7. The first kappa shape index (κ1) is 19.3. The van der Waals surface area contributed by atoms with Crippen LogP contribution in [-0.2, 0) is 4.74 Å². The van der Waals surface area contributed by atoms with E-state index in [2.05, 4.69) is 4.74 Å². The number of methoxy groups -OCH3 is 1. The van der Waals surface area contributed by atoms with Crippen LogP contribution in [0.3, 0.4) is 0 Å². The van der Waals surface area contributed by atoms with Gasteiger partial charge in [-0.05, 0) is 42.8 Å². The summed E-state index contributed by atoms with van der Waals surface area (Å²) in [6.07, 6.45) is 0. The Labute approximate surface area is 143 Å². The zero-order chi connectivity index (χ0) is 19.0. The number of phenolic OH excluding ortho intramolecular Hbond substituents is 1. The summed E-state index contributed by atoms with van der Waals surface area (Å²) in [5.41, 5.74) is 1.53. The van der Waals surface area contributed by atoms with E-state index in [0.29, 0.717) is 11.3 Å². The molecule has 8 heteroatoms. The molecule has 25 heavy (non-hydrogen) atoms. The number of nitriles is 1. The van der Waals surface area contributed by atoms with Crippen molar-refractivity contribution in [3.63, 3.8) is 0 Å². The third-order valence-corrected chi connectivity index (χ3v) is 3.05. The number of nitro groups is 1. The van der Waals surface area contributed by atoms with Gasteiger partial charge in [0.15, 0.2) is 0 Å². The fourth-order valence-electron chi connectivity index (χ4n) is 1.70. The molecule has 0 heterocycles. The Morgan fingerprint density at radius 3 is 2.20 bits per heavy atom. The van der Waals surface area contributed by atoms with Crippen LogP contribution < -0.4 is 0 Å². The monoisotopic (exact) mass is 341 g/mol. The van der Waals surface area contributed by atoms with Gasteiger partial charge < -0.3 is 15.3 Å². The molecular formula is C17H15N3O5. The Bertz CT molecular complexity index is 805. The molecule has 2 aromatic rings. The van der Waals surface area contributed by atoms with E-state index in [0.717, 1.165) is 0 Å². The summed E-state index contributed by atoms with van der Waals surface area (Å²) in [5.74, 6) is -0.759. The summed E-state index contributed by atoms with van der Waals surface area (Å²) >= 11 is 0. The third kappa shape index (κ3) is 5.44. The quantitative estimate of drug-likeness (QED) is 0.381. The number of hydrogen-bond acceptors (Lipinski definition) is 7. The number of benzene rings is 2. The molecule has 0 saturated heterocycles. The van der Waals surface area contributed by atoms with E-state index in [1.165, 1.54) is 37.4 Å². The normalized spacial score (nSPS) is 9.16. The van der Waals surface area contributed by atoms with Gasteiger partial charge in [0.1, 0.15) is 11.8 Å². The second-order valence-electron chi connectivity index (χ2n) is 4.76. The van der Waals surface area contributed by atoms with Crippen molar-refractivity contribution in [3.05, 3.63) is 69.3 Å². The lowest BCUT2D eigenvalue weighted by atomic mass is 10.1. The van der Waals surface area contributed by atoms with Gasteiger partial charge in [0, 0.05) is 17.8 Å². The van der Waals surface area contributed by atoms with Crippen molar-refractivity contribution in [2.75, 3.05) is 7.11 Å². The van der Waals surface area contributed by atoms with E-state index in [1.807, 2.05) is 0 Å². The van der Waals surface area contributed by atoms with Crippen LogP contribution in [0.4, 0.5) is 5.69 Å². The number of ether oxygens (including phenoxy) is 1. The maximum absolute atomic E-state index is 10.9. The summed E-state index contributed by atoms with van der Waals surface area (Å²) in [6.45, 7) is 1.64. The van der Waals surface area contributed by atoms with Crippen LogP contribution in [-0.4, -0.2) is 28.8 Å². The number of phenols is 1. The van der Waals surface area contributed by atoms with E-state index in [-0.39, 0.29) is 22.6 Å². The van der Waals surface area contributed by atoms with Crippen molar-refractivity contribution in [3.8, 4) is 11.8 Å². The van der Waals surface area contributed by atoms with Gasteiger partial charge in [-0.2, -0.15) is 5.26 Å². The minimum atomic E-state index is -0.542. The topological polar surface area (TPSA) is 137 Å². The predicted molar refractivity (Wildman–Crippen MR) is 89.8 cm³/mol. The summed E-state index contributed by atoms with van der Waals surface area (Å²) in [7, 11) is 1.25. The van der Waals surface area contributed by atoms with Gasteiger partial charge in [-0.15, -0.1) is 0 Å². The molecular weight excluding hydrogens is 326 g/mol. The first-order chi connectivity index (χ1) is 11.8. The van der Waals surface area contributed by atoms with Crippen molar-refractivity contribution in [1.82, 2.24) is 0 Å². The summed E-state index contributed by atoms with van der Waals surface area (Å²) in [5, 5.41) is 35.2. The van der Waals surface area contributed by atoms with Crippen LogP contribution in [0.2, 0.25) is 0 Å². The first-order valence-electron chi connectivity index (χ1n) is 6.91. The van der Waals surface area contributed by atoms with Gasteiger partial charge in [-0.3, -0.25) is 10.1 Å². The molecule has 2 rings (SSSR count). The number of esters is 1. The molecule has 0 aliphatic heterocycles. The largest absolute Gasteiger partial charge is 0.507 e. The Balaban J connectivity index is 0.000000251. The Morgan fingerprint density at radius 1 is 1.24 bits per heavy atom. The molecule has 0 aromatic heterocycles. The fourth-order valence-corrected chi connectivity index (χ4v) is 1.70. The van der Waals surface area contributed by atoms with Crippen molar-refractivity contribution >= 4 is 17.4 Å². The molecule has 0 spiro atoms. The lowest BCUT2D eigenvalue weighted by Gasteiger charge is -2.00. The molecule has 0 aliphatic rings. The number of carbonyl (C=O) groups excluding carboxylic acids is 1. The highest BCUT2D eigenvalue weighted by Crippen LogP contribution is 2.18. The Hall–Kier alpha value is -3.73. The van der Waals surface area contributed by atoms with Crippen LogP contribution in [0.1, 0.15) is 28.4 Å². The lowest BCUT2D eigenvalue weighted by Crippen LogP contribution is -2.00. The van der Waals surface area contributed by atoms with Crippen molar-refractivity contribution in [2.45, 2.75) is 6.92 Å². The van der Waals surface area contributed by atoms with Crippen LogP contribution in [0.25, 0.3) is 0 Å². The van der Waals surface area contributed by atoms with Gasteiger partial charge in [0.25, 0.3) is 5.69 Å². The fraction of sp³-hybridized carbons (Fsp3) is 0.118. The molecule has 128 valence electrons. The molecule has 0 unspecified atom stereocenters. The summed E-state index contributed by atoms with van der Waals surface area (Å²) in [6, 6.07) is 11.7. The SMILES string of the molecule is CC(=N)c1ccc([N+](=O)[O-])cc1.COC(=O)c1ccc(C#N)c(O)c1. The summed E-state index contributed by atoms with van der Waals surface area (Å²) < 4.78 is 4.43. The molecule has 2 N–H and O–H groups in total. The minimum absolute atomic E-state index is 0.0556. The molecule has 0 bridgehead atoms. The van der Waals surface area contributed by atoms with Crippen molar-refractivity contribution in [2.24, 2.45) is 0 Å². The van der Waals surface area contributed by atoms with Gasteiger partial charge >= 0.3 is 5.97 Å². The third-order valence-electron chi connectivity index (χ3n) is 3.05. The average molecular weight is 341 g/mol. The van der Waals surface area contributed by atoms with Crippen molar-refractivity contribution < 1.29 is 19.6 Å². The molecule has 0 atom stereocenters. The Kier molecular flexibility index (Phi) is 6.79. The van der Waals surface area contributed by atoms with Crippen LogP contribution in [0, 0.1) is 26.9 Å². The molecule has 2 aromatic carbocycles. The number of non-ortho nitro benzene ring substituents is 1. The maximum Gasteiger partial charge on any atom is 0.337 e. The highest BCUT2D eigenvalue weighted by Gasteiger charge is 2.08. The minimum Gasteiger partial charge on any atom is -0.507 e. The molecule has 0 aliphatic carbocycles. The number of aromatic hydroxyl groups is 1. The molecule has 0 radical (unpaired) electrons. The maximum atomic E-state index is 10.9. The van der Waals surface area contributed by atoms with Gasteiger partial charge in [-0.1, -0.05) is 0 Å². The van der Waals surface area contributed by atoms with Crippen LogP contribution in [0.5, 0.6) is 5.75 Å². The number of nitro benzene ring substituents is 1. The first-order valence-corrected chi connectivity index (χ1v) is 6.91. The molecule has 0 fully saturated rings. The average Bonchev–Trinajstić information content (AvgIpc) is 2.61. The van der Waals surface area contributed by atoms with Gasteiger partial charge in [0.05, 0.1) is 23.2 Å². The van der Waals surface area contributed by atoms with Gasteiger partial charge in [-0.25, -0.2) is 4.79 Å². The van der Waals surface area contributed by atoms with E-state index in [1.54, 1.807) is 25.1 Å². The number of carbonyl (C=O) groups is 1. The second kappa shape index (κ2) is 8.79. The van der Waals surface area contributed by atoms with E-state index in [9.17, 15) is 20.0 Å². The van der Waals surface area contributed by atoms with Crippen molar-refractivity contribution in [1.29, 1.82) is 10.7 Å². The number of hydrogen-bond donors (Lipinski definition) is 2. The molecule has 0 saturated carbocycles. The zero-order valence-corrected chi connectivity index (χ0v) is 13.5. The van der Waals surface area contributed by atoms with Crippen LogP contribution in [0.15, 0.2) is 42.5 Å². The molecule has 8 nitrogen and oxygen atoms in total. The molecule has 0 amide bonds. The smallest absolute Gasteiger partial charge is 0.337 e. The van der Waals surface area contributed by atoms with Gasteiger partial charge in [0.2, 0.25) is 0 Å². The Morgan fingerprint density at radius 2 is 1.80 bits per heavy atom. The van der Waals surface area contributed by atoms with Crippen LogP contribution >= 0.6 is 0 Å². The zero-order valence-electron chi connectivity index (χ0n) is 13.5. The predicted octanol–water partition coefficient (Wildman–Crippen LogP) is 3.03. The number of nitrogens with zero attached hydrogens (tertiary/aromatic N) is 2. The number of nitrogens with one attached hydrogen (secondary N) is 1. The lowest BCUT2D eigenvalue weighted by molar-refractivity contribution is -0.384.